The van der Waals surface area contributed by atoms with Crippen molar-refractivity contribution in [3.05, 3.63) is 182 Å². The van der Waals surface area contributed by atoms with Crippen molar-refractivity contribution >= 4 is 76.9 Å². The number of hydrogen-bond acceptors (Lipinski definition) is 1. The number of rotatable bonds is 4. The molecule has 0 atom stereocenters. The number of benzene rings is 9. The van der Waals surface area contributed by atoms with E-state index >= 15 is 0 Å². The van der Waals surface area contributed by atoms with Crippen molar-refractivity contribution in [2.75, 3.05) is 0 Å². The molecule has 0 aliphatic rings. The second kappa shape index (κ2) is 11.7. The Kier molecular flexibility index (Phi) is 6.64. The van der Waals surface area contributed by atoms with E-state index in [0.717, 1.165) is 11.3 Å². The Morgan fingerprint density at radius 1 is 0.327 bits per heavy atom. The van der Waals surface area contributed by atoms with E-state index in [1.54, 1.807) is 6.26 Å². The van der Waals surface area contributed by atoms with Crippen LogP contribution in [0.25, 0.3) is 107 Å². The zero-order valence-electron chi connectivity index (χ0n) is 28.1. The Labute approximate surface area is 306 Å². The maximum absolute atomic E-state index is 6.01. The molecule has 0 unspecified atom stereocenters. The van der Waals surface area contributed by atoms with Crippen molar-refractivity contribution in [2.45, 2.75) is 0 Å². The van der Waals surface area contributed by atoms with Crippen molar-refractivity contribution in [2.24, 2.45) is 0 Å². The predicted molar refractivity (Wildman–Crippen MR) is 222 cm³/mol. The molecule has 0 bridgehead atoms. The normalized spacial score (nSPS) is 11.8. The summed E-state index contributed by atoms with van der Waals surface area (Å²) in [7, 11) is 0. The Hall–Kier alpha value is -6.18. The van der Waals surface area contributed by atoms with Gasteiger partial charge in [-0.15, -0.1) is 0 Å². The molecule has 1 nitrogen and oxygen atoms in total. The van der Waals surface area contributed by atoms with Crippen LogP contribution in [-0.2, 0) is 0 Å². The van der Waals surface area contributed by atoms with E-state index in [-0.39, 0.29) is 14.5 Å². The van der Waals surface area contributed by atoms with Gasteiger partial charge in [0.25, 0.3) is 0 Å². The van der Waals surface area contributed by atoms with Gasteiger partial charge < -0.3 is 0 Å². The quantitative estimate of drug-likeness (QED) is 0.130. The molecule has 0 N–H and O–H groups in total. The number of fused-ring (bicyclic) bond motifs is 7. The molecular formula is C50H30OSe. The third kappa shape index (κ3) is 4.36. The maximum atomic E-state index is 6.01. The third-order valence-electron chi connectivity index (χ3n) is 10.7. The molecular weight excluding hydrogens is 696 g/mol. The summed E-state index contributed by atoms with van der Waals surface area (Å²) in [5.74, 6) is 0.897. The minimum absolute atomic E-state index is 0.160. The van der Waals surface area contributed by atoms with E-state index in [0.29, 0.717) is 0 Å². The van der Waals surface area contributed by atoms with Crippen LogP contribution in [-0.4, -0.2) is 14.5 Å². The van der Waals surface area contributed by atoms with E-state index in [1.807, 2.05) is 6.07 Å². The van der Waals surface area contributed by atoms with Gasteiger partial charge in [0.1, 0.15) is 0 Å². The fourth-order valence-electron chi connectivity index (χ4n) is 8.61. The second-order valence-electron chi connectivity index (χ2n) is 13.5. The van der Waals surface area contributed by atoms with Crippen LogP contribution in [0.3, 0.4) is 0 Å². The summed E-state index contributed by atoms with van der Waals surface area (Å²) >= 11 is 0.160. The molecule has 0 radical (unpaired) electrons. The van der Waals surface area contributed by atoms with Gasteiger partial charge in [-0.25, -0.2) is 0 Å². The molecule has 0 aliphatic heterocycles. The number of hydrogen-bond donors (Lipinski definition) is 0. The van der Waals surface area contributed by atoms with Gasteiger partial charge in [0.05, 0.1) is 0 Å². The van der Waals surface area contributed by atoms with Crippen LogP contribution in [0, 0.1) is 0 Å². The van der Waals surface area contributed by atoms with Crippen molar-refractivity contribution < 1.29 is 4.42 Å². The van der Waals surface area contributed by atoms with Crippen LogP contribution in [0.4, 0.5) is 0 Å². The van der Waals surface area contributed by atoms with Crippen molar-refractivity contribution in [3.8, 4) is 44.7 Å². The molecule has 0 aliphatic carbocycles. The minimum atomic E-state index is 0.160. The third-order valence-corrected chi connectivity index (χ3v) is 13.3. The molecule has 9 aromatic carbocycles. The topological polar surface area (TPSA) is 13.1 Å². The van der Waals surface area contributed by atoms with E-state index in [2.05, 4.69) is 170 Å². The molecule has 0 saturated heterocycles. The summed E-state index contributed by atoms with van der Waals surface area (Å²) in [6.07, 6.45) is 1.77. The van der Waals surface area contributed by atoms with Gasteiger partial charge in [0.15, 0.2) is 0 Å². The van der Waals surface area contributed by atoms with Crippen LogP contribution >= 0.6 is 0 Å². The molecule has 0 spiro atoms. The van der Waals surface area contributed by atoms with Gasteiger partial charge in [-0.2, -0.15) is 0 Å². The van der Waals surface area contributed by atoms with E-state index in [1.165, 1.54) is 95.8 Å². The first-order valence-corrected chi connectivity index (χ1v) is 19.5. The zero-order chi connectivity index (χ0) is 34.2. The molecule has 2 aromatic heterocycles. The standard InChI is InChI=1S/C50H30OSe/c1-2-14-31(15-3-1)46-33-16-4-8-20-37(33)48(38-21-9-5-17-34(38)46)42-25-12-24-41-43-30-32(27-28-45(43)52-50(41)42)47-35-18-6-10-22-39(35)49(44-26-13-29-51-44)40-23-11-7-19-36(40)47/h1-30H. The summed E-state index contributed by atoms with van der Waals surface area (Å²) in [5.41, 5.74) is 8.91. The molecule has 0 saturated carbocycles. The van der Waals surface area contributed by atoms with E-state index in [9.17, 15) is 0 Å². The van der Waals surface area contributed by atoms with Gasteiger partial charge in [-0.05, 0) is 0 Å². The Bertz CT molecular complexity index is 3050. The van der Waals surface area contributed by atoms with Crippen molar-refractivity contribution in [3.63, 3.8) is 0 Å². The Balaban J connectivity index is 1.19. The molecule has 242 valence electrons. The van der Waals surface area contributed by atoms with Crippen LogP contribution in [0.2, 0.25) is 0 Å². The van der Waals surface area contributed by atoms with Crippen LogP contribution in [0.1, 0.15) is 0 Å². The SMILES string of the molecule is c1ccc(-c2c3ccccc3c(-c3cccc4c3[se]c3ccc(-c5c6ccccc6c(-c6ccco6)c6ccccc56)cc34)c3ccccc23)cc1. The first-order valence-electron chi connectivity index (χ1n) is 17.8. The molecule has 11 aromatic rings. The molecule has 11 rings (SSSR count). The molecule has 2 heteroatoms. The summed E-state index contributed by atoms with van der Waals surface area (Å²) in [6.45, 7) is 0. The fourth-order valence-corrected chi connectivity index (χ4v) is 11.1. The molecule has 2 heterocycles. The van der Waals surface area contributed by atoms with Crippen molar-refractivity contribution in [1.29, 1.82) is 0 Å². The van der Waals surface area contributed by atoms with Crippen LogP contribution < -0.4 is 0 Å². The Morgan fingerprint density at radius 3 is 1.38 bits per heavy atom. The summed E-state index contributed by atoms with van der Waals surface area (Å²) in [4.78, 5) is 0. The second-order valence-corrected chi connectivity index (χ2v) is 15.7. The van der Waals surface area contributed by atoms with Crippen LogP contribution in [0.15, 0.2) is 187 Å². The first-order chi connectivity index (χ1) is 25.8. The van der Waals surface area contributed by atoms with E-state index in [4.69, 9.17) is 4.42 Å². The zero-order valence-corrected chi connectivity index (χ0v) is 29.9. The van der Waals surface area contributed by atoms with Gasteiger partial charge >= 0.3 is 308 Å². The summed E-state index contributed by atoms with van der Waals surface area (Å²) < 4.78 is 8.92. The monoisotopic (exact) mass is 726 g/mol. The van der Waals surface area contributed by atoms with Gasteiger partial charge in [0, 0.05) is 0 Å². The first kappa shape index (κ1) is 29.5. The molecule has 0 fully saturated rings. The van der Waals surface area contributed by atoms with Gasteiger partial charge in [0.2, 0.25) is 0 Å². The predicted octanol–water partition coefficient (Wildman–Crippen LogP) is 13.9. The molecule has 0 amide bonds. The van der Waals surface area contributed by atoms with Gasteiger partial charge in [-0.1, -0.05) is 0 Å². The van der Waals surface area contributed by atoms with Crippen LogP contribution in [0.5, 0.6) is 0 Å². The summed E-state index contributed by atoms with van der Waals surface area (Å²) in [6, 6.07) is 64.6. The fraction of sp³-hybridized carbons (Fsp3) is 0. The van der Waals surface area contributed by atoms with E-state index < -0.39 is 0 Å². The Morgan fingerprint density at radius 2 is 0.827 bits per heavy atom. The summed E-state index contributed by atoms with van der Waals surface area (Å²) in [5, 5.41) is 12.8. The average molecular weight is 726 g/mol. The molecule has 52 heavy (non-hydrogen) atoms. The van der Waals surface area contributed by atoms with Crippen molar-refractivity contribution in [1.82, 2.24) is 0 Å². The van der Waals surface area contributed by atoms with Gasteiger partial charge in [-0.3, -0.25) is 0 Å². The average Bonchev–Trinajstić information content (AvgIpc) is 3.88. The number of furan rings is 1.